The number of carbonyl (C=O) groups excluding carboxylic acids is 1. The number of benzene rings is 2. The van der Waals surface area contributed by atoms with E-state index >= 15 is 0 Å². The number of ether oxygens (including phenoxy) is 5. The maximum Gasteiger partial charge on any atom is 0.199 e. The number of carbonyl (C=O) groups is 1. The number of rotatable bonds is 3. The molecule has 0 aliphatic carbocycles. The summed E-state index contributed by atoms with van der Waals surface area (Å²) >= 11 is 0. The third kappa shape index (κ3) is 2.41. The second kappa shape index (κ2) is 5.97. The molecule has 0 saturated carbocycles. The third-order valence-corrected chi connectivity index (χ3v) is 4.61. The Morgan fingerprint density at radius 1 is 0.960 bits per heavy atom. The van der Waals surface area contributed by atoms with Crippen molar-refractivity contribution >= 4 is 5.78 Å². The predicted octanol–water partition coefficient (Wildman–Crippen LogP) is 2.93. The molecule has 0 fully saturated rings. The molecule has 130 valence electrons. The van der Waals surface area contributed by atoms with Crippen LogP contribution >= 0.6 is 0 Å². The van der Waals surface area contributed by atoms with Crippen molar-refractivity contribution in [1.29, 1.82) is 0 Å². The average molecular weight is 342 g/mol. The summed E-state index contributed by atoms with van der Waals surface area (Å²) in [5.74, 6) is 2.25. The molecule has 6 heteroatoms. The van der Waals surface area contributed by atoms with E-state index in [1.54, 1.807) is 39.5 Å². The first-order chi connectivity index (χ1) is 12.2. The molecule has 2 aromatic rings. The van der Waals surface area contributed by atoms with Gasteiger partial charge < -0.3 is 23.7 Å². The number of hydrogen-bond acceptors (Lipinski definition) is 6. The van der Waals surface area contributed by atoms with Crippen molar-refractivity contribution < 1.29 is 28.5 Å². The molecule has 0 bridgehead atoms. The first kappa shape index (κ1) is 15.8. The molecule has 0 unspecified atom stereocenters. The molecule has 2 aliphatic heterocycles. The number of Topliss-reactive ketones (excluding diaryl/α,β-unsaturated/α-hetero) is 1. The second-order valence-corrected chi connectivity index (χ2v) is 5.90. The van der Waals surface area contributed by atoms with E-state index in [0.717, 1.165) is 11.1 Å². The normalized spacial score (nSPS) is 20.7. The SMILES string of the molecule is COc1ccc2c(c1)O[C@@H]1c3cc(OC)c(OC)cc3CO[C@H]1C2=O. The fraction of sp³-hybridized carbons (Fsp3) is 0.316. The Morgan fingerprint density at radius 2 is 1.72 bits per heavy atom. The fourth-order valence-corrected chi connectivity index (χ4v) is 3.32. The number of ketones is 1. The quantitative estimate of drug-likeness (QED) is 0.855. The first-order valence-electron chi connectivity index (χ1n) is 7.91. The molecule has 0 spiro atoms. The predicted molar refractivity (Wildman–Crippen MR) is 88.8 cm³/mol. The van der Waals surface area contributed by atoms with Gasteiger partial charge in [-0.25, -0.2) is 0 Å². The van der Waals surface area contributed by atoms with Crippen LogP contribution in [0.1, 0.15) is 27.6 Å². The topological polar surface area (TPSA) is 63.2 Å². The smallest absolute Gasteiger partial charge is 0.199 e. The average Bonchev–Trinajstić information content (AvgIpc) is 2.66. The molecular formula is C19H18O6. The van der Waals surface area contributed by atoms with Crippen LogP contribution in [0.2, 0.25) is 0 Å². The minimum absolute atomic E-state index is 0.0886. The summed E-state index contributed by atoms with van der Waals surface area (Å²) in [7, 11) is 4.74. The van der Waals surface area contributed by atoms with Gasteiger partial charge >= 0.3 is 0 Å². The monoisotopic (exact) mass is 342 g/mol. The highest BCUT2D eigenvalue weighted by atomic mass is 16.6. The number of methoxy groups -OCH3 is 3. The summed E-state index contributed by atoms with van der Waals surface area (Å²) in [5.41, 5.74) is 2.29. The van der Waals surface area contributed by atoms with Crippen molar-refractivity contribution in [3.05, 3.63) is 47.0 Å². The molecule has 2 heterocycles. The van der Waals surface area contributed by atoms with Crippen LogP contribution < -0.4 is 18.9 Å². The van der Waals surface area contributed by atoms with Crippen molar-refractivity contribution in [2.75, 3.05) is 21.3 Å². The second-order valence-electron chi connectivity index (χ2n) is 5.90. The zero-order valence-electron chi connectivity index (χ0n) is 14.2. The third-order valence-electron chi connectivity index (χ3n) is 4.61. The van der Waals surface area contributed by atoms with E-state index in [4.69, 9.17) is 23.7 Å². The van der Waals surface area contributed by atoms with E-state index in [9.17, 15) is 4.79 Å². The Balaban J connectivity index is 1.81. The Morgan fingerprint density at radius 3 is 2.44 bits per heavy atom. The molecule has 25 heavy (non-hydrogen) atoms. The van der Waals surface area contributed by atoms with E-state index in [2.05, 4.69) is 0 Å². The van der Waals surface area contributed by atoms with Crippen LogP contribution in [0.25, 0.3) is 0 Å². The first-order valence-corrected chi connectivity index (χ1v) is 7.91. The van der Waals surface area contributed by atoms with Crippen LogP contribution in [0.4, 0.5) is 0 Å². The van der Waals surface area contributed by atoms with Crippen molar-refractivity contribution in [2.24, 2.45) is 0 Å². The van der Waals surface area contributed by atoms with Gasteiger partial charge in [0.25, 0.3) is 0 Å². The molecule has 0 N–H and O–H groups in total. The Labute approximate surface area is 145 Å². The summed E-state index contributed by atoms with van der Waals surface area (Å²) in [6.45, 7) is 0.317. The summed E-state index contributed by atoms with van der Waals surface area (Å²) in [6, 6.07) is 8.88. The van der Waals surface area contributed by atoms with Crippen molar-refractivity contribution in [1.82, 2.24) is 0 Å². The van der Waals surface area contributed by atoms with Crippen LogP contribution in [0, 0.1) is 0 Å². The molecule has 0 saturated heterocycles. The van der Waals surface area contributed by atoms with Crippen LogP contribution in [0.3, 0.4) is 0 Å². The van der Waals surface area contributed by atoms with Gasteiger partial charge in [-0.1, -0.05) is 0 Å². The fourth-order valence-electron chi connectivity index (χ4n) is 3.32. The van der Waals surface area contributed by atoms with Gasteiger partial charge in [0.1, 0.15) is 11.5 Å². The Hall–Kier alpha value is -2.73. The molecular weight excluding hydrogens is 324 g/mol. The van der Waals surface area contributed by atoms with E-state index < -0.39 is 12.2 Å². The summed E-state index contributed by atoms with van der Waals surface area (Å²) in [6.07, 6.45) is -1.21. The van der Waals surface area contributed by atoms with Gasteiger partial charge in [-0.05, 0) is 29.8 Å². The van der Waals surface area contributed by atoms with Gasteiger partial charge in [0.15, 0.2) is 29.5 Å². The van der Waals surface area contributed by atoms with Crippen LogP contribution in [0.15, 0.2) is 30.3 Å². The minimum Gasteiger partial charge on any atom is -0.497 e. The molecule has 2 aromatic carbocycles. The summed E-state index contributed by atoms with van der Waals surface area (Å²) in [4.78, 5) is 12.8. The maximum absolute atomic E-state index is 12.8. The molecule has 0 aromatic heterocycles. The molecule has 4 rings (SSSR count). The maximum atomic E-state index is 12.8. The largest absolute Gasteiger partial charge is 0.497 e. The lowest BCUT2D eigenvalue weighted by Gasteiger charge is -2.37. The van der Waals surface area contributed by atoms with E-state index in [-0.39, 0.29) is 5.78 Å². The van der Waals surface area contributed by atoms with Gasteiger partial charge in [-0.3, -0.25) is 4.79 Å². The lowest BCUT2D eigenvalue weighted by atomic mass is 9.88. The Kier molecular flexibility index (Phi) is 3.77. The van der Waals surface area contributed by atoms with Gasteiger partial charge in [0.05, 0.1) is 33.5 Å². The minimum atomic E-state index is -0.675. The van der Waals surface area contributed by atoms with E-state index in [1.807, 2.05) is 12.1 Å². The van der Waals surface area contributed by atoms with Crippen molar-refractivity contribution in [3.8, 4) is 23.0 Å². The molecule has 0 radical (unpaired) electrons. The number of fused-ring (bicyclic) bond motifs is 4. The van der Waals surface area contributed by atoms with Crippen LogP contribution in [0.5, 0.6) is 23.0 Å². The molecule has 2 atom stereocenters. The van der Waals surface area contributed by atoms with E-state index in [1.165, 1.54) is 0 Å². The highest BCUT2D eigenvalue weighted by Crippen LogP contribution is 2.44. The van der Waals surface area contributed by atoms with Gasteiger partial charge in [-0.15, -0.1) is 0 Å². The Bertz CT molecular complexity index is 844. The van der Waals surface area contributed by atoms with Crippen LogP contribution in [-0.2, 0) is 11.3 Å². The van der Waals surface area contributed by atoms with Crippen LogP contribution in [-0.4, -0.2) is 33.2 Å². The highest BCUT2D eigenvalue weighted by molar-refractivity contribution is 6.03. The van der Waals surface area contributed by atoms with Gasteiger partial charge in [0.2, 0.25) is 0 Å². The lowest BCUT2D eigenvalue weighted by Crippen LogP contribution is -2.41. The molecule has 0 amide bonds. The highest BCUT2D eigenvalue weighted by Gasteiger charge is 2.43. The van der Waals surface area contributed by atoms with E-state index in [0.29, 0.717) is 35.2 Å². The zero-order chi connectivity index (χ0) is 17.6. The summed E-state index contributed by atoms with van der Waals surface area (Å²) in [5, 5.41) is 0. The zero-order valence-corrected chi connectivity index (χ0v) is 14.2. The molecule has 2 aliphatic rings. The molecule has 6 nitrogen and oxygen atoms in total. The summed E-state index contributed by atoms with van der Waals surface area (Å²) < 4.78 is 27.9. The van der Waals surface area contributed by atoms with Gasteiger partial charge in [-0.2, -0.15) is 0 Å². The lowest BCUT2D eigenvalue weighted by molar-refractivity contribution is -0.0424. The number of hydrogen-bond donors (Lipinski definition) is 0. The van der Waals surface area contributed by atoms with Gasteiger partial charge in [0, 0.05) is 11.6 Å². The van der Waals surface area contributed by atoms with Crippen molar-refractivity contribution in [3.63, 3.8) is 0 Å². The standard InChI is InChI=1S/C19H18O6/c1-21-11-4-5-12-14(7-11)25-18-13-8-16(23-3)15(22-2)6-10(13)9-24-19(18)17(12)20/h4-8,18-19H,9H2,1-3H3/t18-,19+/m1/s1. The van der Waals surface area contributed by atoms with Crippen molar-refractivity contribution in [2.45, 2.75) is 18.8 Å².